The Bertz CT molecular complexity index is 1110. The van der Waals surface area contributed by atoms with Gasteiger partial charge in [-0.2, -0.15) is 5.26 Å². The van der Waals surface area contributed by atoms with E-state index in [0.29, 0.717) is 29.2 Å². The molecule has 2 heterocycles. The quantitative estimate of drug-likeness (QED) is 0.111. The molecule has 1 fully saturated rings. The third kappa shape index (κ3) is 7.11. The summed E-state index contributed by atoms with van der Waals surface area (Å²) < 4.78 is 0. The van der Waals surface area contributed by atoms with Gasteiger partial charge < -0.3 is 25.7 Å². The zero-order valence-electron chi connectivity index (χ0n) is 21.7. The van der Waals surface area contributed by atoms with Crippen LogP contribution < -0.4 is 16.0 Å². The minimum Gasteiger partial charge on any atom is -0.478 e. The van der Waals surface area contributed by atoms with E-state index >= 15 is 0 Å². The summed E-state index contributed by atoms with van der Waals surface area (Å²) >= 11 is 0. The number of rotatable bonds is 9. The summed E-state index contributed by atoms with van der Waals surface area (Å²) in [7, 11) is 0. The molecule has 2 aliphatic rings. The molecule has 1 saturated heterocycles. The van der Waals surface area contributed by atoms with Crippen LogP contribution in [0.5, 0.6) is 0 Å². The van der Waals surface area contributed by atoms with E-state index in [4.69, 9.17) is 0 Å². The van der Waals surface area contributed by atoms with Crippen LogP contribution in [0.15, 0.2) is 51.8 Å². The van der Waals surface area contributed by atoms with Crippen LogP contribution in [-0.4, -0.2) is 59.2 Å². The number of guanidine groups is 1. The predicted molar refractivity (Wildman–Crippen MR) is 142 cm³/mol. The first-order valence-corrected chi connectivity index (χ1v) is 12.7. The fourth-order valence-corrected chi connectivity index (χ4v) is 5.09. The normalized spacial score (nSPS) is 17.8. The minimum atomic E-state index is -1.19. The number of aliphatic imine (C=N–C) groups is 1. The number of hydrogen-bond acceptors (Lipinski definition) is 6. The molecule has 37 heavy (non-hydrogen) atoms. The van der Waals surface area contributed by atoms with Crippen molar-refractivity contribution in [1.29, 1.82) is 5.26 Å². The summed E-state index contributed by atoms with van der Waals surface area (Å²) in [5.74, 6) is -2.22. The number of carboxylic acid groups (broad SMARTS) is 2. The van der Waals surface area contributed by atoms with Crippen LogP contribution in [-0.2, 0) is 9.59 Å². The maximum Gasteiger partial charge on any atom is 0.334 e. The average Bonchev–Trinajstić information content (AvgIpc) is 2.86. The summed E-state index contributed by atoms with van der Waals surface area (Å²) in [6.07, 6.45) is 6.48. The summed E-state index contributed by atoms with van der Waals surface area (Å²) in [6, 6.07) is 6.86. The van der Waals surface area contributed by atoms with E-state index < -0.39 is 17.9 Å². The number of nitrogens with zero attached hydrogens (tertiary/aromatic N) is 3. The molecule has 0 radical (unpaired) electrons. The van der Waals surface area contributed by atoms with E-state index in [9.17, 15) is 25.1 Å². The van der Waals surface area contributed by atoms with Gasteiger partial charge >= 0.3 is 11.9 Å². The topological polar surface area (TPSA) is 150 Å². The predicted octanol–water partition coefficient (Wildman–Crippen LogP) is 3.44. The fourth-order valence-electron chi connectivity index (χ4n) is 5.09. The lowest BCUT2D eigenvalue weighted by atomic mass is 9.80. The van der Waals surface area contributed by atoms with Crippen LogP contribution in [0, 0.1) is 17.4 Å². The van der Waals surface area contributed by atoms with Crippen LogP contribution in [0.1, 0.15) is 57.9 Å². The van der Waals surface area contributed by atoms with Crippen molar-refractivity contribution >= 4 is 23.6 Å². The van der Waals surface area contributed by atoms with Crippen molar-refractivity contribution in [3.8, 4) is 6.19 Å². The molecule has 10 nitrogen and oxygen atoms in total. The van der Waals surface area contributed by atoms with Gasteiger partial charge in [0.25, 0.3) is 0 Å². The molecule has 0 unspecified atom stereocenters. The SMILES string of the molecule is CCC1CCN(CCCN=C(NC#N)Nc2cccc(C3C(C(=O)O)=C(C)NC(C)=C3C(=O)O)c2)CC1. The van der Waals surface area contributed by atoms with Crippen molar-refractivity contribution in [2.24, 2.45) is 10.9 Å². The highest BCUT2D eigenvalue weighted by molar-refractivity contribution is 5.99. The zero-order valence-corrected chi connectivity index (χ0v) is 21.7. The average molecular weight is 509 g/mol. The molecule has 2 aliphatic heterocycles. The van der Waals surface area contributed by atoms with Gasteiger partial charge in [-0.1, -0.05) is 25.5 Å². The second-order valence-corrected chi connectivity index (χ2v) is 9.51. The molecule has 198 valence electrons. The number of anilines is 1. The zero-order chi connectivity index (χ0) is 26.9. The Morgan fingerprint density at radius 3 is 2.38 bits per heavy atom. The highest BCUT2D eigenvalue weighted by atomic mass is 16.4. The van der Waals surface area contributed by atoms with E-state index in [-0.39, 0.29) is 17.1 Å². The number of nitrogens with one attached hydrogen (secondary N) is 3. The van der Waals surface area contributed by atoms with Crippen molar-refractivity contribution in [3.63, 3.8) is 0 Å². The Balaban J connectivity index is 1.74. The lowest BCUT2D eigenvalue weighted by Crippen LogP contribution is -2.34. The van der Waals surface area contributed by atoms with Crippen LogP contribution in [0.3, 0.4) is 0 Å². The lowest BCUT2D eigenvalue weighted by molar-refractivity contribution is -0.133. The number of carbonyl (C=O) groups is 2. The summed E-state index contributed by atoms with van der Waals surface area (Å²) in [4.78, 5) is 31.1. The van der Waals surface area contributed by atoms with Gasteiger partial charge in [0.2, 0.25) is 5.96 Å². The fraction of sp³-hybridized carbons (Fsp3) is 0.481. The first-order chi connectivity index (χ1) is 17.7. The standard InChI is InChI=1S/C27H36N6O4/c1-4-19-9-13-33(14-10-19)12-6-11-29-27(30-16-28)32-21-8-5-7-20(15-21)24-22(25(34)35)17(2)31-18(3)23(24)26(36)37/h5,7-8,15,19,24,31H,4,6,9-14H2,1-3H3,(H,34,35)(H,36,37)(H2,29,30,32). The number of hydrogen-bond donors (Lipinski definition) is 5. The third-order valence-corrected chi connectivity index (χ3v) is 7.07. The van der Waals surface area contributed by atoms with Crippen molar-refractivity contribution in [2.45, 2.75) is 52.4 Å². The third-order valence-electron chi connectivity index (χ3n) is 7.07. The second-order valence-electron chi connectivity index (χ2n) is 9.51. The summed E-state index contributed by atoms with van der Waals surface area (Å²) in [5, 5.41) is 37.4. The molecule has 1 aromatic carbocycles. The summed E-state index contributed by atoms with van der Waals surface area (Å²) in [6.45, 7) is 9.22. The first kappa shape index (κ1) is 27.7. The van der Waals surface area contributed by atoms with Gasteiger partial charge in [-0.25, -0.2) is 9.59 Å². The monoisotopic (exact) mass is 508 g/mol. The number of dihydropyridines is 1. The number of aliphatic carboxylic acids is 2. The number of carboxylic acids is 2. The van der Waals surface area contributed by atoms with Gasteiger partial charge in [0.05, 0.1) is 17.1 Å². The Morgan fingerprint density at radius 1 is 1.16 bits per heavy atom. The van der Waals surface area contributed by atoms with Crippen molar-refractivity contribution < 1.29 is 19.8 Å². The highest BCUT2D eigenvalue weighted by Crippen LogP contribution is 2.38. The molecule has 5 N–H and O–H groups in total. The smallest absolute Gasteiger partial charge is 0.334 e. The molecule has 0 atom stereocenters. The maximum atomic E-state index is 12.1. The second kappa shape index (κ2) is 12.9. The molecular formula is C27H36N6O4. The van der Waals surface area contributed by atoms with Gasteiger partial charge in [-0.3, -0.25) is 10.3 Å². The van der Waals surface area contributed by atoms with Gasteiger partial charge in [0, 0.05) is 23.6 Å². The number of nitriles is 1. The molecule has 0 spiro atoms. The number of allylic oxidation sites excluding steroid dienone is 2. The molecule has 3 rings (SSSR count). The van der Waals surface area contributed by atoms with Crippen LogP contribution in [0.25, 0.3) is 0 Å². The molecule has 0 aromatic heterocycles. The van der Waals surface area contributed by atoms with E-state index in [1.165, 1.54) is 19.3 Å². The number of benzene rings is 1. The molecule has 0 aliphatic carbocycles. The van der Waals surface area contributed by atoms with Crippen molar-refractivity contribution in [2.75, 3.05) is 31.5 Å². The molecule has 10 heteroatoms. The Morgan fingerprint density at radius 2 is 1.81 bits per heavy atom. The van der Waals surface area contributed by atoms with E-state index in [2.05, 4.69) is 32.8 Å². The largest absolute Gasteiger partial charge is 0.478 e. The molecule has 0 bridgehead atoms. The van der Waals surface area contributed by atoms with Gasteiger partial charge in [-0.05, 0) is 76.4 Å². The Labute approximate surface area is 217 Å². The minimum absolute atomic E-state index is 0.0211. The van der Waals surface area contributed by atoms with Crippen LogP contribution >= 0.6 is 0 Å². The molecular weight excluding hydrogens is 472 g/mol. The first-order valence-electron chi connectivity index (χ1n) is 12.7. The highest BCUT2D eigenvalue weighted by Gasteiger charge is 2.36. The van der Waals surface area contributed by atoms with Crippen molar-refractivity contribution in [1.82, 2.24) is 15.5 Å². The number of piperidine rings is 1. The van der Waals surface area contributed by atoms with E-state index in [1.54, 1.807) is 38.1 Å². The van der Waals surface area contributed by atoms with E-state index in [0.717, 1.165) is 32.0 Å². The van der Waals surface area contributed by atoms with Gasteiger partial charge in [0.1, 0.15) is 0 Å². The van der Waals surface area contributed by atoms with Crippen LogP contribution in [0.4, 0.5) is 5.69 Å². The molecule has 0 saturated carbocycles. The van der Waals surface area contributed by atoms with Crippen molar-refractivity contribution in [3.05, 3.63) is 52.4 Å². The Hall–Kier alpha value is -3.84. The molecule has 1 aromatic rings. The van der Waals surface area contributed by atoms with Crippen LogP contribution in [0.2, 0.25) is 0 Å². The Kier molecular flexibility index (Phi) is 9.69. The lowest BCUT2D eigenvalue weighted by Gasteiger charge is -2.31. The summed E-state index contributed by atoms with van der Waals surface area (Å²) in [5.41, 5.74) is 1.81. The molecule has 0 amide bonds. The van der Waals surface area contributed by atoms with Gasteiger partial charge in [-0.15, -0.1) is 0 Å². The number of likely N-dealkylation sites (tertiary alicyclic amines) is 1. The maximum absolute atomic E-state index is 12.1. The van der Waals surface area contributed by atoms with Gasteiger partial charge in [0.15, 0.2) is 6.19 Å². The van der Waals surface area contributed by atoms with E-state index in [1.807, 2.05) is 6.19 Å².